The molecule has 0 aliphatic heterocycles. The van der Waals surface area contributed by atoms with Crippen molar-refractivity contribution < 1.29 is 0 Å². The number of hydrogen-bond acceptors (Lipinski definition) is 0. The van der Waals surface area contributed by atoms with Crippen LogP contribution in [0.25, 0.3) is 0 Å². The van der Waals surface area contributed by atoms with Crippen LogP contribution >= 0.6 is 0 Å². The number of hydrogen-bond donors (Lipinski definition) is 0. The van der Waals surface area contributed by atoms with Gasteiger partial charge in [0.15, 0.2) is 0 Å². The van der Waals surface area contributed by atoms with Crippen LogP contribution in [-0.4, -0.2) is 0 Å². The minimum absolute atomic E-state index is 1.18. The Kier molecular flexibility index (Phi) is 15.1. The molecule has 0 aliphatic carbocycles. The van der Waals surface area contributed by atoms with Gasteiger partial charge in [-0.25, -0.2) is 0 Å². The lowest BCUT2D eigenvalue weighted by atomic mass is 10.0. The summed E-state index contributed by atoms with van der Waals surface area (Å²) in [7, 11) is 0. The van der Waals surface area contributed by atoms with E-state index in [4.69, 9.17) is 0 Å². The largest absolute Gasteiger partial charge is 0.0856 e. The van der Waals surface area contributed by atoms with Crippen molar-refractivity contribution in [1.29, 1.82) is 0 Å². The summed E-state index contributed by atoms with van der Waals surface area (Å²) in [5.74, 6) is 0. The Morgan fingerprint density at radius 1 is 0.423 bits per heavy atom. The fraction of sp³-hybridized carbons (Fsp3) is 0.615. The Bertz CT molecular complexity index is 512. The van der Waals surface area contributed by atoms with Gasteiger partial charge in [-0.3, -0.25) is 0 Å². The van der Waals surface area contributed by atoms with E-state index in [1.54, 1.807) is 5.57 Å². The van der Waals surface area contributed by atoms with Gasteiger partial charge in [-0.15, -0.1) is 0 Å². The zero-order valence-electron chi connectivity index (χ0n) is 18.8. The summed E-state index contributed by atoms with van der Waals surface area (Å²) < 4.78 is 0. The molecule has 0 heterocycles. The number of rotatable bonds is 13. The molecule has 0 heteroatoms. The van der Waals surface area contributed by atoms with E-state index >= 15 is 0 Å². The molecule has 0 aromatic carbocycles. The van der Waals surface area contributed by atoms with E-state index < -0.39 is 0 Å². The fourth-order valence-electron chi connectivity index (χ4n) is 2.84. The molecule has 0 aliphatic rings. The SMILES string of the molecule is CC(C)=CCC/C(C)=C/CCC/C=C(\C)CC/C=C(\C)CCC=C(C)C. The number of unbranched alkanes of at least 4 members (excludes halogenated alkanes) is 2. The van der Waals surface area contributed by atoms with Crippen molar-refractivity contribution in [2.24, 2.45) is 0 Å². The Morgan fingerprint density at radius 3 is 1.08 bits per heavy atom. The maximum Gasteiger partial charge on any atom is -0.0288 e. The van der Waals surface area contributed by atoms with Gasteiger partial charge in [0, 0.05) is 0 Å². The van der Waals surface area contributed by atoms with Crippen LogP contribution in [0.2, 0.25) is 0 Å². The molecule has 0 unspecified atom stereocenters. The summed E-state index contributed by atoms with van der Waals surface area (Å²) in [4.78, 5) is 0. The maximum atomic E-state index is 2.44. The lowest BCUT2D eigenvalue weighted by Crippen LogP contribution is -1.82. The molecular weight excluding hydrogens is 312 g/mol. The molecule has 0 radical (unpaired) electrons. The molecule has 0 atom stereocenters. The van der Waals surface area contributed by atoms with Crippen molar-refractivity contribution in [3.63, 3.8) is 0 Å². The molecule has 0 aromatic rings. The smallest absolute Gasteiger partial charge is 0.0288 e. The van der Waals surface area contributed by atoms with Crippen LogP contribution in [0.4, 0.5) is 0 Å². The van der Waals surface area contributed by atoms with Crippen LogP contribution in [0.5, 0.6) is 0 Å². The van der Waals surface area contributed by atoms with Gasteiger partial charge >= 0.3 is 0 Å². The van der Waals surface area contributed by atoms with Gasteiger partial charge in [0.05, 0.1) is 0 Å². The van der Waals surface area contributed by atoms with Gasteiger partial charge in [-0.2, -0.15) is 0 Å². The molecule has 0 fully saturated rings. The first-order chi connectivity index (χ1) is 12.3. The second-order valence-electron chi connectivity index (χ2n) is 8.26. The molecule has 0 saturated carbocycles. The molecule has 0 saturated heterocycles. The molecule has 0 rings (SSSR count). The van der Waals surface area contributed by atoms with Crippen LogP contribution in [0.3, 0.4) is 0 Å². The molecule has 0 bridgehead atoms. The van der Waals surface area contributed by atoms with Crippen molar-refractivity contribution in [3.05, 3.63) is 58.2 Å². The first-order valence-corrected chi connectivity index (χ1v) is 10.5. The minimum Gasteiger partial charge on any atom is -0.0856 e. The van der Waals surface area contributed by atoms with Crippen molar-refractivity contribution in [2.45, 2.75) is 106 Å². The van der Waals surface area contributed by atoms with E-state index in [2.05, 4.69) is 78.8 Å². The van der Waals surface area contributed by atoms with Crippen molar-refractivity contribution in [2.75, 3.05) is 0 Å². The second-order valence-corrected chi connectivity index (χ2v) is 8.26. The molecule has 0 N–H and O–H groups in total. The molecule has 148 valence electrons. The van der Waals surface area contributed by atoms with Gasteiger partial charge in [0.1, 0.15) is 0 Å². The summed E-state index contributed by atoms with van der Waals surface area (Å²) in [5.41, 5.74) is 7.47. The summed E-state index contributed by atoms with van der Waals surface area (Å²) in [6.45, 7) is 15.5. The van der Waals surface area contributed by atoms with E-state index in [0.717, 1.165) is 0 Å². The predicted octanol–water partition coefficient (Wildman–Crippen LogP) is 9.27. The Labute approximate surface area is 164 Å². The van der Waals surface area contributed by atoms with Gasteiger partial charge < -0.3 is 0 Å². The highest BCUT2D eigenvalue weighted by Gasteiger charge is 1.93. The zero-order chi connectivity index (χ0) is 19.8. The van der Waals surface area contributed by atoms with E-state index in [0.29, 0.717) is 0 Å². The first kappa shape index (κ1) is 24.7. The second kappa shape index (κ2) is 15.9. The summed E-state index contributed by atoms with van der Waals surface area (Å²) in [6.07, 6.45) is 22.8. The van der Waals surface area contributed by atoms with Gasteiger partial charge in [-0.1, -0.05) is 58.2 Å². The molecular formula is C26H44. The van der Waals surface area contributed by atoms with E-state index in [9.17, 15) is 0 Å². The Morgan fingerprint density at radius 2 is 0.731 bits per heavy atom. The molecule has 0 amide bonds. The van der Waals surface area contributed by atoms with Gasteiger partial charge in [-0.05, 0) is 106 Å². The summed E-state index contributed by atoms with van der Waals surface area (Å²) >= 11 is 0. The maximum absolute atomic E-state index is 2.44. The van der Waals surface area contributed by atoms with Crippen molar-refractivity contribution >= 4 is 0 Å². The highest BCUT2D eigenvalue weighted by molar-refractivity contribution is 5.06. The van der Waals surface area contributed by atoms with Crippen molar-refractivity contribution in [3.8, 4) is 0 Å². The molecule has 26 heavy (non-hydrogen) atoms. The van der Waals surface area contributed by atoms with Crippen LogP contribution in [0, 0.1) is 0 Å². The van der Waals surface area contributed by atoms with Crippen LogP contribution in [0.1, 0.15) is 106 Å². The lowest BCUT2D eigenvalue weighted by Gasteiger charge is -2.02. The third kappa shape index (κ3) is 17.5. The fourth-order valence-corrected chi connectivity index (χ4v) is 2.84. The highest BCUT2D eigenvalue weighted by Crippen LogP contribution is 2.13. The first-order valence-electron chi connectivity index (χ1n) is 10.5. The summed E-state index contributed by atoms with van der Waals surface area (Å²) in [6, 6.07) is 0. The molecule has 0 nitrogen and oxygen atoms in total. The highest BCUT2D eigenvalue weighted by atomic mass is 14.0. The topological polar surface area (TPSA) is 0 Å². The van der Waals surface area contributed by atoms with Crippen LogP contribution < -0.4 is 0 Å². The molecule has 0 aromatic heterocycles. The third-order valence-electron chi connectivity index (χ3n) is 4.61. The quantitative estimate of drug-likeness (QED) is 0.228. The van der Waals surface area contributed by atoms with Crippen molar-refractivity contribution in [1.82, 2.24) is 0 Å². The predicted molar refractivity (Wildman–Crippen MR) is 122 cm³/mol. The van der Waals surface area contributed by atoms with Crippen LogP contribution in [0.15, 0.2) is 58.2 Å². The van der Waals surface area contributed by atoms with E-state index in [-0.39, 0.29) is 0 Å². The Balaban J connectivity index is 3.90. The zero-order valence-corrected chi connectivity index (χ0v) is 18.8. The average molecular weight is 357 g/mol. The minimum atomic E-state index is 1.18. The normalized spacial score (nSPS) is 13.0. The monoisotopic (exact) mass is 356 g/mol. The third-order valence-corrected chi connectivity index (χ3v) is 4.61. The van der Waals surface area contributed by atoms with E-state index in [1.165, 1.54) is 80.1 Å². The standard InChI is InChI=1S/C26H44/c1-22(2)14-11-18-24(5)16-9-8-10-17-25(6)20-13-21-26(7)19-12-15-23(3)4/h14-17,21H,8-13,18-20H2,1-7H3/b24-16+,25-17+,26-21+. The molecule has 0 spiro atoms. The average Bonchev–Trinajstić information content (AvgIpc) is 2.53. The van der Waals surface area contributed by atoms with Gasteiger partial charge in [0.25, 0.3) is 0 Å². The lowest BCUT2D eigenvalue weighted by molar-refractivity contribution is 0.835. The Hall–Kier alpha value is -1.30. The van der Waals surface area contributed by atoms with E-state index in [1.807, 2.05) is 0 Å². The number of allylic oxidation sites excluding steroid dienone is 10. The van der Waals surface area contributed by atoms with Gasteiger partial charge in [0.2, 0.25) is 0 Å². The van der Waals surface area contributed by atoms with Crippen LogP contribution in [-0.2, 0) is 0 Å². The summed E-state index contributed by atoms with van der Waals surface area (Å²) in [5, 5.41) is 0.